The molecule has 0 aliphatic heterocycles. The summed E-state index contributed by atoms with van der Waals surface area (Å²) in [6.07, 6.45) is 1.89. The van der Waals surface area contributed by atoms with Gasteiger partial charge in [-0.2, -0.15) is 0 Å². The molecule has 0 spiro atoms. The van der Waals surface area contributed by atoms with E-state index in [9.17, 15) is 0 Å². The zero-order valence-corrected chi connectivity index (χ0v) is 12.0. The highest BCUT2D eigenvalue weighted by atomic mass is 35.5. The average molecular weight is 296 g/mol. The van der Waals surface area contributed by atoms with Crippen molar-refractivity contribution in [1.29, 1.82) is 0 Å². The van der Waals surface area contributed by atoms with Crippen LogP contribution in [0.4, 0.5) is 5.13 Å². The second-order valence-electron chi connectivity index (χ2n) is 3.85. The molecule has 0 radical (unpaired) electrons. The quantitative estimate of drug-likeness (QED) is 0.781. The average Bonchev–Trinajstić information content (AvgIpc) is 2.92. The van der Waals surface area contributed by atoms with Gasteiger partial charge in [0.25, 0.3) is 0 Å². The molecule has 3 aromatic rings. The summed E-state index contributed by atoms with van der Waals surface area (Å²) in [4.78, 5) is 10.0. The fraction of sp³-hybridized carbons (Fsp3) is 0.167. The lowest BCUT2D eigenvalue weighted by molar-refractivity contribution is 1.10. The van der Waals surface area contributed by atoms with Crippen molar-refractivity contribution in [3.63, 3.8) is 0 Å². The number of aryl methyl sites for hydroxylation is 1. The zero-order chi connectivity index (χ0) is 12.5. The predicted octanol–water partition coefficient (Wildman–Crippen LogP) is 4.33. The van der Waals surface area contributed by atoms with Gasteiger partial charge in [-0.1, -0.05) is 22.9 Å². The van der Waals surface area contributed by atoms with Crippen LogP contribution in [0, 0.1) is 6.92 Å². The van der Waals surface area contributed by atoms with Crippen LogP contribution in [0.1, 0.15) is 9.88 Å². The Morgan fingerprint density at radius 1 is 1.33 bits per heavy atom. The molecule has 0 saturated heterocycles. The molecule has 1 N–H and O–H groups in total. The second-order valence-corrected chi connectivity index (χ2v) is 6.64. The van der Waals surface area contributed by atoms with Gasteiger partial charge in [0.05, 0.1) is 16.8 Å². The number of hydrogen-bond acceptors (Lipinski definition) is 5. The molecule has 0 unspecified atom stereocenters. The number of hydrogen-bond donors (Lipinski definition) is 1. The van der Waals surface area contributed by atoms with Gasteiger partial charge in [-0.3, -0.25) is 0 Å². The molecule has 0 aliphatic rings. The van der Waals surface area contributed by atoms with Crippen LogP contribution in [0.2, 0.25) is 5.02 Å². The van der Waals surface area contributed by atoms with Crippen molar-refractivity contribution in [2.24, 2.45) is 0 Å². The Kier molecular flexibility index (Phi) is 3.20. The number of nitrogens with zero attached hydrogens (tertiary/aromatic N) is 2. The van der Waals surface area contributed by atoms with Gasteiger partial charge in [-0.05, 0) is 25.1 Å². The summed E-state index contributed by atoms with van der Waals surface area (Å²) >= 11 is 9.27. The molecule has 0 saturated carbocycles. The van der Waals surface area contributed by atoms with Crippen molar-refractivity contribution in [2.75, 3.05) is 5.32 Å². The largest absolute Gasteiger partial charge is 0.355 e. The minimum absolute atomic E-state index is 0.714. The topological polar surface area (TPSA) is 37.8 Å². The van der Waals surface area contributed by atoms with Gasteiger partial charge in [0, 0.05) is 16.1 Å². The number of nitrogens with one attached hydrogen (secondary N) is 1. The number of fused-ring (bicyclic) bond motifs is 1. The molecule has 2 aromatic heterocycles. The minimum atomic E-state index is 0.714. The molecule has 18 heavy (non-hydrogen) atoms. The summed E-state index contributed by atoms with van der Waals surface area (Å²) in [6.45, 7) is 2.77. The highest BCUT2D eigenvalue weighted by Gasteiger charge is 2.05. The highest BCUT2D eigenvalue weighted by Crippen LogP contribution is 2.28. The lowest BCUT2D eigenvalue weighted by Crippen LogP contribution is -1.97. The molecule has 3 rings (SSSR count). The van der Waals surface area contributed by atoms with Crippen LogP contribution in [-0.4, -0.2) is 9.97 Å². The van der Waals surface area contributed by atoms with Gasteiger partial charge in [-0.25, -0.2) is 9.97 Å². The number of aromatic nitrogens is 2. The molecular weight excluding hydrogens is 286 g/mol. The van der Waals surface area contributed by atoms with Crippen LogP contribution in [0.15, 0.2) is 24.4 Å². The maximum absolute atomic E-state index is 5.94. The summed E-state index contributed by atoms with van der Waals surface area (Å²) in [5.74, 6) is 0. The van der Waals surface area contributed by atoms with Crippen molar-refractivity contribution in [3.8, 4) is 0 Å². The predicted molar refractivity (Wildman–Crippen MR) is 78.8 cm³/mol. The summed E-state index contributed by atoms with van der Waals surface area (Å²) in [6, 6.07) is 5.76. The van der Waals surface area contributed by atoms with Gasteiger partial charge < -0.3 is 5.32 Å². The van der Waals surface area contributed by atoms with Gasteiger partial charge in [-0.15, -0.1) is 11.3 Å². The van der Waals surface area contributed by atoms with Gasteiger partial charge in [0.15, 0.2) is 5.13 Å². The van der Waals surface area contributed by atoms with Crippen molar-refractivity contribution < 1.29 is 0 Å². The first-order chi connectivity index (χ1) is 8.70. The molecule has 0 atom stereocenters. The van der Waals surface area contributed by atoms with Crippen molar-refractivity contribution in [3.05, 3.63) is 39.3 Å². The first-order valence-corrected chi connectivity index (χ1v) is 7.43. The normalized spacial score (nSPS) is 11.0. The van der Waals surface area contributed by atoms with Crippen LogP contribution in [0.25, 0.3) is 10.2 Å². The third kappa shape index (κ3) is 2.48. The Hall–Kier alpha value is -1.17. The third-order valence-corrected chi connectivity index (χ3v) is 4.55. The monoisotopic (exact) mass is 295 g/mol. The van der Waals surface area contributed by atoms with E-state index < -0.39 is 0 Å². The maximum Gasteiger partial charge on any atom is 0.184 e. The summed E-state index contributed by atoms with van der Waals surface area (Å²) in [5.41, 5.74) is 0.935. The molecule has 92 valence electrons. The first-order valence-electron chi connectivity index (χ1n) is 5.42. The van der Waals surface area contributed by atoms with Gasteiger partial charge >= 0.3 is 0 Å². The SMILES string of the molecule is Cc1cnc(CNc2nc3cc(Cl)ccc3s2)s1. The number of rotatable bonds is 3. The fourth-order valence-corrected chi connectivity index (χ4v) is 3.35. The lowest BCUT2D eigenvalue weighted by Gasteiger charge is -1.97. The van der Waals surface area contributed by atoms with E-state index in [2.05, 4.69) is 22.2 Å². The van der Waals surface area contributed by atoms with Crippen LogP contribution in [-0.2, 0) is 6.54 Å². The summed E-state index contributed by atoms with van der Waals surface area (Å²) in [5, 5.41) is 5.99. The van der Waals surface area contributed by atoms with E-state index in [1.54, 1.807) is 22.7 Å². The Bertz CT molecular complexity index is 690. The van der Waals surface area contributed by atoms with Gasteiger partial charge in [0.2, 0.25) is 0 Å². The molecular formula is C12H10ClN3S2. The fourth-order valence-electron chi connectivity index (χ4n) is 1.61. The molecule has 1 aromatic carbocycles. The third-order valence-electron chi connectivity index (χ3n) is 2.41. The van der Waals surface area contributed by atoms with Crippen LogP contribution < -0.4 is 5.32 Å². The van der Waals surface area contributed by atoms with E-state index in [0.29, 0.717) is 6.54 Å². The highest BCUT2D eigenvalue weighted by molar-refractivity contribution is 7.22. The Morgan fingerprint density at radius 2 is 2.22 bits per heavy atom. The molecule has 3 nitrogen and oxygen atoms in total. The summed E-state index contributed by atoms with van der Waals surface area (Å²) in [7, 11) is 0. The van der Waals surface area contributed by atoms with Crippen molar-refractivity contribution in [1.82, 2.24) is 9.97 Å². The Labute approximate surface area is 117 Å². The van der Waals surface area contributed by atoms with E-state index in [1.807, 2.05) is 24.4 Å². The minimum Gasteiger partial charge on any atom is -0.355 e. The van der Waals surface area contributed by atoms with Crippen molar-refractivity contribution >= 4 is 49.6 Å². The maximum atomic E-state index is 5.94. The summed E-state index contributed by atoms with van der Waals surface area (Å²) < 4.78 is 1.14. The molecule has 0 amide bonds. The first kappa shape index (κ1) is 11.9. The number of halogens is 1. The van der Waals surface area contributed by atoms with Crippen LogP contribution >= 0.6 is 34.3 Å². The molecule has 6 heteroatoms. The second kappa shape index (κ2) is 4.84. The standard InChI is InChI=1S/C12H10ClN3S2/c1-7-5-14-11(17-7)6-15-12-16-9-4-8(13)2-3-10(9)18-12/h2-5H,6H2,1H3,(H,15,16). The Morgan fingerprint density at radius 3 is 3.00 bits per heavy atom. The van der Waals surface area contributed by atoms with Crippen LogP contribution in [0.5, 0.6) is 0 Å². The van der Waals surface area contributed by atoms with Crippen LogP contribution in [0.3, 0.4) is 0 Å². The number of thiazole rings is 2. The number of anilines is 1. The van der Waals surface area contributed by atoms with E-state index in [1.165, 1.54) is 4.88 Å². The zero-order valence-electron chi connectivity index (χ0n) is 9.61. The smallest absolute Gasteiger partial charge is 0.184 e. The number of benzene rings is 1. The molecule has 2 heterocycles. The molecule has 0 aliphatic carbocycles. The lowest BCUT2D eigenvalue weighted by atomic mass is 10.3. The Balaban J connectivity index is 1.78. The molecule has 0 fully saturated rings. The van der Waals surface area contributed by atoms with E-state index in [0.717, 1.165) is 25.4 Å². The van der Waals surface area contributed by atoms with Gasteiger partial charge in [0.1, 0.15) is 5.01 Å². The van der Waals surface area contributed by atoms with E-state index in [-0.39, 0.29) is 0 Å². The van der Waals surface area contributed by atoms with E-state index >= 15 is 0 Å². The van der Waals surface area contributed by atoms with Crippen molar-refractivity contribution in [2.45, 2.75) is 13.5 Å². The molecule has 0 bridgehead atoms. The van der Waals surface area contributed by atoms with E-state index in [4.69, 9.17) is 11.6 Å².